The van der Waals surface area contributed by atoms with Gasteiger partial charge in [-0.1, -0.05) is 24.1 Å². The summed E-state index contributed by atoms with van der Waals surface area (Å²) in [6.07, 6.45) is 6.43. The lowest BCUT2D eigenvalue weighted by atomic mass is 9.94. The van der Waals surface area contributed by atoms with Crippen LogP contribution in [0.15, 0.2) is 29.2 Å². The number of hydrogen-bond donors (Lipinski definition) is 1. The maximum Gasteiger partial charge on any atom is 0.230 e. The topological polar surface area (TPSA) is 103 Å². The van der Waals surface area contributed by atoms with Gasteiger partial charge in [-0.25, -0.2) is 8.42 Å². The molecule has 1 saturated heterocycles. The zero-order chi connectivity index (χ0) is 22.8. The normalized spacial score (nSPS) is 17.4. The van der Waals surface area contributed by atoms with Gasteiger partial charge in [-0.2, -0.15) is 0 Å². The van der Waals surface area contributed by atoms with E-state index in [1.54, 1.807) is 12.1 Å². The van der Waals surface area contributed by atoms with Crippen LogP contribution in [0.25, 0.3) is 0 Å². The summed E-state index contributed by atoms with van der Waals surface area (Å²) in [7, 11) is 2.28. The summed E-state index contributed by atoms with van der Waals surface area (Å²) in [5.74, 6) is -0.278. The van der Waals surface area contributed by atoms with Gasteiger partial charge in [0.2, 0.25) is 5.91 Å². The van der Waals surface area contributed by atoms with Crippen molar-refractivity contribution in [1.82, 2.24) is 5.32 Å². The Morgan fingerprint density at radius 1 is 1.10 bits per heavy atom. The molecule has 30 heavy (non-hydrogen) atoms. The van der Waals surface area contributed by atoms with Crippen LogP contribution in [0.1, 0.15) is 50.5 Å². The van der Waals surface area contributed by atoms with Crippen LogP contribution in [0.3, 0.4) is 0 Å². The van der Waals surface area contributed by atoms with Crippen molar-refractivity contribution in [2.45, 2.75) is 56.8 Å². The lowest BCUT2D eigenvalue weighted by molar-refractivity contribution is -0.870. The molecule has 1 heterocycles. The summed E-state index contributed by atoms with van der Waals surface area (Å²) in [6, 6.07) is 5.78. The first-order valence-corrected chi connectivity index (χ1v) is 11.9. The summed E-state index contributed by atoms with van der Waals surface area (Å²) < 4.78 is 32.1. The average molecular weight is 441 g/mol. The number of amides is 1. The standard InChI is InChI=1S/C15H28N2O2.C7H8O3S/c1-17(2,3)12-8-4-5-10-14(18)13-9-6-7-11-16-15(13)19;1-6-2-4-7(5-3-6)11(8,9)10/h13H,4-12H2,1-3H3;2-5H,1H3,(H,8,9,10). The second-order valence-corrected chi connectivity index (χ2v) is 10.3. The van der Waals surface area contributed by atoms with E-state index in [4.69, 9.17) is 0 Å². The van der Waals surface area contributed by atoms with E-state index >= 15 is 0 Å². The van der Waals surface area contributed by atoms with Crippen LogP contribution in [0.5, 0.6) is 0 Å². The van der Waals surface area contributed by atoms with Gasteiger partial charge < -0.3 is 14.4 Å². The van der Waals surface area contributed by atoms with E-state index in [0.29, 0.717) is 6.42 Å². The SMILES string of the molecule is C[N+](C)(C)CCCCCC(=O)C1CCCCNC1=O.Cc1ccc(S(=O)(=O)[O-])cc1. The van der Waals surface area contributed by atoms with Crippen molar-refractivity contribution in [2.24, 2.45) is 5.92 Å². The van der Waals surface area contributed by atoms with Gasteiger partial charge >= 0.3 is 0 Å². The van der Waals surface area contributed by atoms with Crippen LogP contribution in [0.4, 0.5) is 0 Å². The fraction of sp³-hybridized carbons (Fsp3) is 0.636. The number of benzene rings is 1. The Balaban J connectivity index is 0.000000346. The molecule has 0 radical (unpaired) electrons. The molecule has 0 aliphatic carbocycles. The first-order chi connectivity index (χ1) is 13.9. The molecule has 0 saturated carbocycles. The molecule has 1 fully saturated rings. The molecule has 1 atom stereocenters. The van der Waals surface area contributed by atoms with Gasteiger partial charge in [0.1, 0.15) is 15.9 Å². The summed E-state index contributed by atoms with van der Waals surface area (Å²) in [4.78, 5) is 23.6. The fourth-order valence-corrected chi connectivity index (χ4v) is 3.66. The van der Waals surface area contributed by atoms with E-state index in [-0.39, 0.29) is 22.5 Å². The first kappa shape index (κ1) is 26.3. The predicted molar refractivity (Wildman–Crippen MR) is 116 cm³/mol. The fourth-order valence-electron chi connectivity index (χ4n) is 3.19. The number of aryl methyl sites for hydroxylation is 1. The Morgan fingerprint density at radius 2 is 1.73 bits per heavy atom. The largest absolute Gasteiger partial charge is 0.744 e. The van der Waals surface area contributed by atoms with Crippen molar-refractivity contribution in [2.75, 3.05) is 34.2 Å². The number of unbranched alkanes of at least 4 members (excludes halogenated alkanes) is 2. The number of carbonyl (C=O) groups excluding carboxylic acids is 2. The van der Waals surface area contributed by atoms with Gasteiger partial charge in [0, 0.05) is 13.0 Å². The van der Waals surface area contributed by atoms with Crippen LogP contribution < -0.4 is 5.32 Å². The molecule has 0 bridgehead atoms. The molecular weight excluding hydrogens is 404 g/mol. The summed E-state index contributed by atoms with van der Waals surface area (Å²) in [6.45, 7) is 3.69. The molecule has 0 aromatic heterocycles. The van der Waals surface area contributed by atoms with E-state index in [1.165, 1.54) is 12.1 Å². The van der Waals surface area contributed by atoms with Crippen molar-refractivity contribution >= 4 is 21.8 Å². The van der Waals surface area contributed by atoms with Crippen LogP contribution >= 0.6 is 0 Å². The van der Waals surface area contributed by atoms with Crippen LogP contribution in [-0.2, 0) is 19.7 Å². The van der Waals surface area contributed by atoms with Gasteiger partial charge in [-0.05, 0) is 51.2 Å². The first-order valence-electron chi connectivity index (χ1n) is 10.5. The Labute approximate surface area is 181 Å². The minimum absolute atomic E-state index is 0.0474. The number of quaternary nitrogens is 1. The summed E-state index contributed by atoms with van der Waals surface area (Å²) in [5, 5.41) is 2.83. The number of ketones is 1. The Morgan fingerprint density at radius 3 is 2.30 bits per heavy atom. The van der Waals surface area contributed by atoms with E-state index in [9.17, 15) is 22.6 Å². The molecule has 0 spiro atoms. The molecule has 8 heteroatoms. The summed E-state index contributed by atoms with van der Waals surface area (Å²) >= 11 is 0. The quantitative estimate of drug-likeness (QED) is 0.290. The highest BCUT2D eigenvalue weighted by Gasteiger charge is 2.26. The number of rotatable bonds is 8. The van der Waals surface area contributed by atoms with Gasteiger partial charge in [0.25, 0.3) is 0 Å². The maximum absolute atomic E-state index is 12.1. The monoisotopic (exact) mass is 440 g/mol. The van der Waals surface area contributed by atoms with E-state index in [0.717, 1.165) is 61.7 Å². The molecule has 170 valence electrons. The van der Waals surface area contributed by atoms with Crippen LogP contribution in [0, 0.1) is 12.8 Å². The molecule has 7 nitrogen and oxygen atoms in total. The highest BCUT2D eigenvalue weighted by Crippen LogP contribution is 2.17. The molecule has 1 aliphatic rings. The number of Topliss-reactive ketones (excluding diaryl/α,β-unsaturated/α-hetero) is 1. The number of nitrogens with one attached hydrogen (secondary N) is 1. The molecule has 1 unspecified atom stereocenters. The highest BCUT2D eigenvalue weighted by molar-refractivity contribution is 7.85. The maximum atomic E-state index is 12.1. The molecule has 1 aliphatic heterocycles. The van der Waals surface area contributed by atoms with Crippen molar-refractivity contribution in [1.29, 1.82) is 0 Å². The number of nitrogens with zero attached hydrogens (tertiary/aromatic N) is 1. The van der Waals surface area contributed by atoms with E-state index < -0.39 is 10.1 Å². The lowest BCUT2D eigenvalue weighted by Crippen LogP contribution is -2.35. The smallest absolute Gasteiger partial charge is 0.230 e. The van der Waals surface area contributed by atoms with Gasteiger partial charge in [-0.3, -0.25) is 9.59 Å². The second kappa shape index (κ2) is 12.2. The third kappa shape index (κ3) is 10.8. The minimum Gasteiger partial charge on any atom is -0.744 e. The van der Waals surface area contributed by atoms with Gasteiger partial charge in [0.05, 0.1) is 38.5 Å². The van der Waals surface area contributed by atoms with Gasteiger partial charge in [-0.15, -0.1) is 0 Å². The number of hydrogen-bond acceptors (Lipinski definition) is 5. The average Bonchev–Trinajstić information content (AvgIpc) is 2.85. The second-order valence-electron chi connectivity index (χ2n) is 8.90. The molecule has 1 aromatic carbocycles. The van der Waals surface area contributed by atoms with Crippen LogP contribution in [-0.4, -0.2) is 63.4 Å². The molecule has 2 rings (SSSR count). The molecular formula is C22H36N2O5S. The van der Waals surface area contributed by atoms with Gasteiger partial charge in [0.15, 0.2) is 0 Å². The lowest BCUT2D eigenvalue weighted by Gasteiger charge is -2.23. The highest BCUT2D eigenvalue weighted by atomic mass is 32.2. The molecule has 1 N–H and O–H groups in total. The zero-order valence-electron chi connectivity index (χ0n) is 18.6. The van der Waals surface area contributed by atoms with Crippen molar-refractivity contribution in [3.8, 4) is 0 Å². The Hall–Kier alpha value is -1.77. The van der Waals surface area contributed by atoms with Crippen molar-refractivity contribution in [3.63, 3.8) is 0 Å². The third-order valence-corrected chi connectivity index (χ3v) is 5.84. The Bertz CT molecular complexity index is 783. The summed E-state index contributed by atoms with van der Waals surface area (Å²) in [5.41, 5.74) is 0.928. The minimum atomic E-state index is -4.27. The number of carbonyl (C=O) groups is 2. The van der Waals surface area contributed by atoms with Crippen molar-refractivity contribution in [3.05, 3.63) is 29.8 Å². The van der Waals surface area contributed by atoms with Crippen LogP contribution in [0.2, 0.25) is 0 Å². The zero-order valence-corrected chi connectivity index (χ0v) is 19.5. The Kier molecular flexibility index (Phi) is 10.7. The van der Waals surface area contributed by atoms with E-state index in [2.05, 4.69) is 26.5 Å². The van der Waals surface area contributed by atoms with E-state index in [1.807, 2.05) is 6.92 Å². The third-order valence-electron chi connectivity index (χ3n) is 4.99. The molecule has 1 aromatic rings. The predicted octanol–water partition coefficient (Wildman–Crippen LogP) is 2.64. The molecule has 1 amide bonds. The van der Waals surface area contributed by atoms with Crippen molar-refractivity contribution < 1.29 is 27.0 Å².